The van der Waals surface area contributed by atoms with E-state index in [9.17, 15) is 0 Å². The Labute approximate surface area is 180 Å². The number of hydrogen-bond acceptors (Lipinski definition) is 4. The highest BCUT2D eigenvalue weighted by molar-refractivity contribution is 5.70. The third-order valence-corrected chi connectivity index (χ3v) is 6.35. The molecule has 1 aliphatic heterocycles. The minimum Gasteiger partial charge on any atom is -0.302 e. The van der Waals surface area contributed by atoms with Gasteiger partial charge in [-0.05, 0) is 55.5 Å². The van der Waals surface area contributed by atoms with Crippen LogP contribution in [0.5, 0.6) is 0 Å². The van der Waals surface area contributed by atoms with Crippen molar-refractivity contribution in [3.05, 3.63) is 66.2 Å². The number of piperidine rings is 1. The summed E-state index contributed by atoms with van der Waals surface area (Å²) in [7, 11) is 0. The van der Waals surface area contributed by atoms with Crippen LogP contribution in [0.25, 0.3) is 22.5 Å². The molecule has 0 radical (unpaired) electrons. The predicted octanol–water partition coefficient (Wildman–Crippen LogP) is 5.74. The lowest BCUT2D eigenvalue weighted by atomic mass is 9.88. The molecular weight excluding hydrogens is 368 g/mol. The lowest BCUT2D eigenvalue weighted by Crippen LogP contribution is -2.37. The summed E-state index contributed by atoms with van der Waals surface area (Å²) in [5.74, 6) is 1.96. The van der Waals surface area contributed by atoms with Crippen LogP contribution in [0.3, 0.4) is 0 Å². The van der Waals surface area contributed by atoms with Gasteiger partial charge in [0, 0.05) is 48.7 Å². The molecule has 2 aromatic heterocycles. The zero-order chi connectivity index (χ0) is 20.9. The number of benzene rings is 1. The van der Waals surface area contributed by atoms with Crippen LogP contribution in [-0.2, 0) is 0 Å². The number of aryl methyl sites for hydroxylation is 1. The predicted molar refractivity (Wildman–Crippen MR) is 123 cm³/mol. The van der Waals surface area contributed by atoms with E-state index in [-0.39, 0.29) is 0 Å². The van der Waals surface area contributed by atoms with Gasteiger partial charge in [0.05, 0.1) is 5.69 Å². The van der Waals surface area contributed by atoms with Gasteiger partial charge in [-0.15, -0.1) is 0 Å². The molecule has 3 aromatic rings. The number of hydrogen-bond donors (Lipinski definition) is 0. The Bertz CT molecular complexity index is 970. The summed E-state index contributed by atoms with van der Waals surface area (Å²) < 4.78 is 0. The zero-order valence-corrected chi connectivity index (χ0v) is 18.4. The maximum absolute atomic E-state index is 5.15. The van der Waals surface area contributed by atoms with Crippen LogP contribution in [0.1, 0.15) is 50.3 Å². The van der Waals surface area contributed by atoms with Gasteiger partial charge in [-0.25, -0.2) is 9.97 Å². The Morgan fingerprint density at radius 3 is 2.67 bits per heavy atom. The highest BCUT2D eigenvalue weighted by Gasteiger charge is 2.26. The average Bonchev–Trinajstić information content (AvgIpc) is 2.80. The quantitative estimate of drug-likeness (QED) is 0.529. The summed E-state index contributed by atoms with van der Waals surface area (Å²) in [6, 6.07) is 12.6. The number of likely N-dealkylation sites (tertiary alicyclic amines) is 1. The lowest BCUT2D eigenvalue weighted by Gasteiger charge is -2.34. The topological polar surface area (TPSA) is 41.9 Å². The van der Waals surface area contributed by atoms with Gasteiger partial charge in [-0.2, -0.15) is 0 Å². The number of nitrogens with zero attached hydrogens (tertiary/aromatic N) is 4. The average molecular weight is 401 g/mol. The van der Waals surface area contributed by atoms with Crippen molar-refractivity contribution in [1.82, 2.24) is 19.9 Å². The Morgan fingerprint density at radius 2 is 1.90 bits per heavy atom. The molecule has 1 aliphatic rings. The molecule has 1 aromatic carbocycles. The summed E-state index contributed by atoms with van der Waals surface area (Å²) in [6.07, 6.45) is 9.29. The van der Waals surface area contributed by atoms with Crippen molar-refractivity contribution in [1.29, 1.82) is 0 Å². The second-order valence-electron chi connectivity index (χ2n) is 8.66. The van der Waals surface area contributed by atoms with Crippen molar-refractivity contribution in [2.24, 2.45) is 5.92 Å². The first-order chi connectivity index (χ1) is 14.7. The van der Waals surface area contributed by atoms with Gasteiger partial charge in [0.25, 0.3) is 0 Å². The van der Waals surface area contributed by atoms with E-state index in [1.54, 1.807) is 0 Å². The summed E-state index contributed by atoms with van der Waals surface area (Å²) in [5, 5.41) is 0. The molecule has 0 bridgehead atoms. The summed E-state index contributed by atoms with van der Waals surface area (Å²) >= 11 is 0. The maximum atomic E-state index is 5.15. The van der Waals surface area contributed by atoms with Gasteiger partial charge in [0.1, 0.15) is 0 Å². The summed E-state index contributed by atoms with van der Waals surface area (Å²) in [4.78, 5) is 16.7. The van der Waals surface area contributed by atoms with Crippen LogP contribution < -0.4 is 0 Å². The highest BCUT2D eigenvalue weighted by Crippen LogP contribution is 2.35. The van der Waals surface area contributed by atoms with Crippen molar-refractivity contribution in [2.45, 2.75) is 46.0 Å². The minimum atomic E-state index is 0.431. The van der Waals surface area contributed by atoms with Crippen LogP contribution in [0.4, 0.5) is 0 Å². The largest absolute Gasteiger partial charge is 0.302 e. The van der Waals surface area contributed by atoms with Gasteiger partial charge < -0.3 is 4.90 Å². The summed E-state index contributed by atoms with van der Waals surface area (Å²) in [5.41, 5.74) is 5.91. The second kappa shape index (κ2) is 9.48. The Balaban J connectivity index is 1.74. The van der Waals surface area contributed by atoms with Gasteiger partial charge in [-0.3, -0.25) is 4.98 Å². The third-order valence-electron chi connectivity index (χ3n) is 6.35. The molecule has 1 fully saturated rings. The molecule has 0 unspecified atom stereocenters. The number of aromatic nitrogens is 3. The molecule has 0 spiro atoms. The van der Waals surface area contributed by atoms with Crippen molar-refractivity contribution in [3.8, 4) is 22.5 Å². The van der Waals surface area contributed by atoms with Crippen LogP contribution >= 0.6 is 0 Å². The van der Waals surface area contributed by atoms with Crippen LogP contribution in [0.2, 0.25) is 0 Å². The van der Waals surface area contributed by atoms with E-state index >= 15 is 0 Å². The van der Waals surface area contributed by atoms with Crippen LogP contribution in [-0.4, -0.2) is 39.5 Å². The van der Waals surface area contributed by atoms with Crippen molar-refractivity contribution in [2.75, 3.05) is 19.6 Å². The fraction of sp³-hybridized carbons (Fsp3) is 0.423. The van der Waals surface area contributed by atoms with Gasteiger partial charge in [-0.1, -0.05) is 44.5 Å². The maximum Gasteiger partial charge on any atom is 0.159 e. The SMILES string of the molecule is CC[C@H](C)CN1CCC[C@@H](c2nc(-c3ccncc3)ncc2-c2ccccc2C)C1. The fourth-order valence-corrected chi connectivity index (χ4v) is 4.44. The smallest absolute Gasteiger partial charge is 0.159 e. The molecule has 0 saturated carbocycles. The fourth-order valence-electron chi connectivity index (χ4n) is 4.44. The standard InChI is InChI=1S/C26H32N4/c1-4-19(2)17-30-15-7-9-22(18-30)25-24(23-10-6-5-8-20(23)3)16-28-26(29-25)21-11-13-27-14-12-21/h5-6,8,10-14,16,19,22H,4,7,9,15,17-18H2,1-3H3/t19-,22+/m0/s1. The zero-order valence-electron chi connectivity index (χ0n) is 18.4. The Hall–Kier alpha value is -2.59. The van der Waals surface area contributed by atoms with Crippen molar-refractivity contribution < 1.29 is 0 Å². The van der Waals surface area contributed by atoms with Crippen molar-refractivity contribution >= 4 is 0 Å². The van der Waals surface area contributed by atoms with E-state index in [1.807, 2.05) is 30.7 Å². The van der Waals surface area contributed by atoms with E-state index in [4.69, 9.17) is 9.97 Å². The summed E-state index contributed by atoms with van der Waals surface area (Å²) in [6.45, 7) is 10.3. The monoisotopic (exact) mass is 400 g/mol. The highest BCUT2D eigenvalue weighted by atomic mass is 15.1. The molecule has 4 nitrogen and oxygen atoms in total. The van der Waals surface area contributed by atoms with Gasteiger partial charge >= 0.3 is 0 Å². The van der Waals surface area contributed by atoms with E-state index in [0.717, 1.165) is 23.9 Å². The first kappa shape index (κ1) is 20.7. The van der Waals surface area contributed by atoms with Gasteiger partial charge in [0.2, 0.25) is 0 Å². The molecule has 0 aliphatic carbocycles. The van der Waals surface area contributed by atoms with E-state index in [2.05, 4.69) is 54.9 Å². The molecule has 156 valence electrons. The van der Waals surface area contributed by atoms with E-state index < -0.39 is 0 Å². The minimum absolute atomic E-state index is 0.431. The molecule has 4 rings (SSSR count). The first-order valence-corrected chi connectivity index (χ1v) is 11.2. The lowest BCUT2D eigenvalue weighted by molar-refractivity contribution is 0.180. The number of pyridine rings is 1. The second-order valence-corrected chi connectivity index (χ2v) is 8.66. The Kier molecular flexibility index (Phi) is 6.53. The van der Waals surface area contributed by atoms with Crippen LogP contribution in [0, 0.1) is 12.8 Å². The number of rotatable bonds is 6. The molecule has 4 heteroatoms. The molecule has 2 atom stereocenters. The van der Waals surface area contributed by atoms with E-state index in [0.29, 0.717) is 5.92 Å². The normalized spacial score (nSPS) is 18.3. The Morgan fingerprint density at radius 1 is 1.10 bits per heavy atom. The molecule has 0 N–H and O–H groups in total. The molecule has 3 heterocycles. The molecule has 30 heavy (non-hydrogen) atoms. The molecule has 0 amide bonds. The van der Waals surface area contributed by atoms with Crippen molar-refractivity contribution in [3.63, 3.8) is 0 Å². The molecule has 1 saturated heterocycles. The third kappa shape index (κ3) is 4.59. The van der Waals surface area contributed by atoms with Crippen LogP contribution in [0.15, 0.2) is 55.0 Å². The molecular formula is C26H32N4. The van der Waals surface area contributed by atoms with E-state index in [1.165, 1.54) is 54.7 Å². The van der Waals surface area contributed by atoms with Gasteiger partial charge in [0.15, 0.2) is 5.82 Å². The first-order valence-electron chi connectivity index (χ1n) is 11.2.